The van der Waals surface area contributed by atoms with Crippen molar-refractivity contribution >= 4 is 0 Å². The van der Waals surface area contributed by atoms with Crippen LogP contribution in [0.5, 0.6) is 0 Å². The van der Waals surface area contributed by atoms with Gasteiger partial charge in [0.2, 0.25) is 0 Å². The third kappa shape index (κ3) is 1.75. The smallest absolute Gasteiger partial charge is 0.252 e. The van der Waals surface area contributed by atoms with Crippen LogP contribution in [0.3, 0.4) is 0 Å². The fourth-order valence-corrected chi connectivity index (χ4v) is 1.10. The Morgan fingerprint density at radius 3 is 3.07 bits per heavy atom. The van der Waals surface area contributed by atoms with Gasteiger partial charge in [-0.25, -0.2) is 9.67 Å². The van der Waals surface area contributed by atoms with Crippen molar-refractivity contribution in [3.63, 3.8) is 0 Å². The second-order valence-electron chi connectivity index (χ2n) is 2.74. The third-order valence-electron chi connectivity index (χ3n) is 1.70. The standard InChI is InChI=1S/C9H7N5/c10-4-9-12-7-14(13-9)6-8-2-1-3-11-5-8/h1-3,5,7H,6H2. The summed E-state index contributed by atoms with van der Waals surface area (Å²) >= 11 is 0. The van der Waals surface area contributed by atoms with E-state index in [4.69, 9.17) is 5.26 Å². The van der Waals surface area contributed by atoms with Gasteiger partial charge in [0.15, 0.2) is 0 Å². The minimum atomic E-state index is 0.189. The summed E-state index contributed by atoms with van der Waals surface area (Å²) in [7, 11) is 0. The molecule has 5 nitrogen and oxygen atoms in total. The molecule has 2 rings (SSSR count). The van der Waals surface area contributed by atoms with Crippen LogP contribution in [0.15, 0.2) is 30.9 Å². The molecule has 0 aromatic carbocycles. The SMILES string of the molecule is N#Cc1ncn(Cc2cccnc2)n1. The Labute approximate surface area is 80.7 Å². The van der Waals surface area contributed by atoms with Crippen LogP contribution in [-0.2, 0) is 6.54 Å². The Balaban J connectivity index is 2.16. The second kappa shape index (κ2) is 3.66. The third-order valence-corrected chi connectivity index (χ3v) is 1.70. The topological polar surface area (TPSA) is 67.4 Å². The van der Waals surface area contributed by atoms with E-state index < -0.39 is 0 Å². The van der Waals surface area contributed by atoms with Crippen LogP contribution in [0.2, 0.25) is 0 Å². The van der Waals surface area contributed by atoms with E-state index in [1.807, 2.05) is 18.2 Å². The predicted octanol–water partition coefficient (Wildman–Crippen LogP) is 0.593. The lowest BCUT2D eigenvalue weighted by molar-refractivity contribution is 0.680. The zero-order valence-electron chi connectivity index (χ0n) is 7.33. The largest absolute Gasteiger partial charge is 0.264 e. The highest BCUT2D eigenvalue weighted by atomic mass is 15.3. The summed E-state index contributed by atoms with van der Waals surface area (Å²) in [4.78, 5) is 7.78. The van der Waals surface area contributed by atoms with E-state index in [9.17, 15) is 0 Å². The van der Waals surface area contributed by atoms with Crippen LogP contribution in [0, 0.1) is 11.3 Å². The molecule has 0 atom stereocenters. The fraction of sp³-hybridized carbons (Fsp3) is 0.111. The van der Waals surface area contributed by atoms with Crippen LogP contribution >= 0.6 is 0 Å². The van der Waals surface area contributed by atoms with Gasteiger partial charge >= 0.3 is 0 Å². The van der Waals surface area contributed by atoms with Crippen LogP contribution < -0.4 is 0 Å². The van der Waals surface area contributed by atoms with Crippen molar-refractivity contribution in [3.05, 3.63) is 42.2 Å². The molecule has 0 N–H and O–H groups in total. The van der Waals surface area contributed by atoms with Crippen LogP contribution in [0.25, 0.3) is 0 Å². The van der Waals surface area contributed by atoms with Crippen molar-refractivity contribution in [2.45, 2.75) is 6.54 Å². The summed E-state index contributed by atoms with van der Waals surface area (Å²) in [6.45, 7) is 0.586. The van der Waals surface area contributed by atoms with Gasteiger partial charge in [-0.3, -0.25) is 4.98 Å². The normalized spacial score (nSPS) is 9.64. The summed E-state index contributed by atoms with van der Waals surface area (Å²) in [6, 6.07) is 5.68. The molecule has 0 aliphatic rings. The molecule has 0 radical (unpaired) electrons. The van der Waals surface area contributed by atoms with Crippen molar-refractivity contribution in [1.82, 2.24) is 19.7 Å². The molecule has 68 valence electrons. The molecule has 2 heterocycles. The maximum atomic E-state index is 8.52. The summed E-state index contributed by atoms with van der Waals surface area (Å²) in [5.41, 5.74) is 1.03. The zero-order chi connectivity index (χ0) is 9.80. The minimum Gasteiger partial charge on any atom is -0.264 e. The molecule has 0 aliphatic carbocycles. The number of pyridine rings is 1. The summed E-state index contributed by atoms with van der Waals surface area (Å²) in [5, 5.41) is 12.5. The monoisotopic (exact) mass is 185 g/mol. The van der Waals surface area contributed by atoms with E-state index in [-0.39, 0.29) is 5.82 Å². The summed E-state index contributed by atoms with van der Waals surface area (Å²) in [6.07, 6.45) is 5.00. The maximum absolute atomic E-state index is 8.52. The molecule has 0 saturated carbocycles. The highest BCUT2D eigenvalue weighted by Crippen LogP contribution is 1.98. The summed E-state index contributed by atoms with van der Waals surface area (Å²) < 4.78 is 1.61. The Morgan fingerprint density at radius 1 is 1.50 bits per heavy atom. The van der Waals surface area contributed by atoms with Gasteiger partial charge in [0, 0.05) is 12.4 Å². The molecule has 5 heteroatoms. The first-order valence-electron chi connectivity index (χ1n) is 4.07. The molecule has 0 saturated heterocycles. The Hall–Kier alpha value is -2.22. The number of hydrogen-bond acceptors (Lipinski definition) is 4. The molecule has 0 aliphatic heterocycles. The first-order valence-corrected chi connectivity index (χ1v) is 4.07. The van der Waals surface area contributed by atoms with Gasteiger partial charge in [-0.05, 0) is 11.6 Å². The molecular weight excluding hydrogens is 178 g/mol. The Morgan fingerprint density at radius 2 is 2.43 bits per heavy atom. The van der Waals surface area contributed by atoms with E-state index in [2.05, 4.69) is 15.1 Å². The first-order chi connectivity index (χ1) is 6.88. The molecule has 0 spiro atoms. The van der Waals surface area contributed by atoms with Crippen molar-refractivity contribution in [2.24, 2.45) is 0 Å². The van der Waals surface area contributed by atoms with Crippen molar-refractivity contribution in [3.8, 4) is 6.07 Å². The summed E-state index contributed by atoms with van der Waals surface area (Å²) in [5.74, 6) is 0.189. The Kier molecular flexibility index (Phi) is 2.19. The lowest BCUT2D eigenvalue weighted by atomic mass is 10.3. The van der Waals surface area contributed by atoms with Gasteiger partial charge in [0.1, 0.15) is 12.4 Å². The van der Waals surface area contributed by atoms with Crippen molar-refractivity contribution in [1.29, 1.82) is 5.26 Å². The van der Waals surface area contributed by atoms with Crippen LogP contribution in [-0.4, -0.2) is 19.7 Å². The maximum Gasteiger partial charge on any atom is 0.252 e. The Bertz CT molecular complexity index is 454. The van der Waals surface area contributed by atoms with E-state index >= 15 is 0 Å². The molecule has 0 amide bonds. The number of rotatable bonds is 2. The van der Waals surface area contributed by atoms with Crippen molar-refractivity contribution in [2.75, 3.05) is 0 Å². The average molecular weight is 185 g/mol. The van der Waals surface area contributed by atoms with Gasteiger partial charge in [-0.2, -0.15) is 5.26 Å². The first kappa shape index (κ1) is 8.38. The molecule has 2 aromatic rings. The van der Waals surface area contributed by atoms with E-state index in [1.165, 1.54) is 6.33 Å². The van der Waals surface area contributed by atoms with Crippen LogP contribution in [0.1, 0.15) is 11.4 Å². The highest BCUT2D eigenvalue weighted by Gasteiger charge is 1.99. The molecule has 0 fully saturated rings. The van der Waals surface area contributed by atoms with Gasteiger partial charge in [0.05, 0.1) is 6.54 Å². The lowest BCUT2D eigenvalue weighted by Crippen LogP contribution is -2.00. The highest BCUT2D eigenvalue weighted by molar-refractivity contribution is 5.10. The van der Waals surface area contributed by atoms with Gasteiger partial charge in [-0.15, -0.1) is 5.10 Å². The number of aromatic nitrogens is 4. The minimum absolute atomic E-state index is 0.189. The van der Waals surface area contributed by atoms with E-state index in [0.717, 1.165) is 5.56 Å². The molecule has 14 heavy (non-hydrogen) atoms. The lowest BCUT2D eigenvalue weighted by Gasteiger charge is -1.98. The number of nitriles is 1. The molecule has 2 aromatic heterocycles. The number of nitrogens with zero attached hydrogens (tertiary/aromatic N) is 5. The van der Waals surface area contributed by atoms with Gasteiger partial charge < -0.3 is 0 Å². The van der Waals surface area contributed by atoms with Crippen LogP contribution in [0.4, 0.5) is 0 Å². The van der Waals surface area contributed by atoms with Gasteiger partial charge in [-0.1, -0.05) is 6.07 Å². The predicted molar refractivity (Wildman–Crippen MR) is 48.1 cm³/mol. The van der Waals surface area contributed by atoms with E-state index in [1.54, 1.807) is 17.1 Å². The van der Waals surface area contributed by atoms with Gasteiger partial charge in [0.25, 0.3) is 5.82 Å². The molecular formula is C9H7N5. The van der Waals surface area contributed by atoms with E-state index in [0.29, 0.717) is 6.54 Å². The number of hydrogen-bond donors (Lipinski definition) is 0. The average Bonchev–Trinajstić information content (AvgIpc) is 2.67. The quantitative estimate of drug-likeness (QED) is 0.686. The van der Waals surface area contributed by atoms with Crippen molar-refractivity contribution < 1.29 is 0 Å². The fourth-order valence-electron chi connectivity index (χ4n) is 1.10. The molecule has 0 bridgehead atoms. The second-order valence-corrected chi connectivity index (χ2v) is 2.74. The zero-order valence-corrected chi connectivity index (χ0v) is 7.33. The molecule has 0 unspecified atom stereocenters.